The lowest BCUT2D eigenvalue weighted by molar-refractivity contribution is -0.141. The molecule has 2 heteroatoms. The number of esters is 1. The second-order valence-corrected chi connectivity index (χ2v) is 3.14. The quantitative estimate of drug-likeness (QED) is 0.371. The lowest BCUT2D eigenvalue weighted by atomic mass is 10.2. The molecular weight excluding hydrogens is 164 g/mol. The van der Waals surface area contributed by atoms with Crippen LogP contribution in [0.4, 0.5) is 0 Å². The highest BCUT2D eigenvalue weighted by Crippen LogP contribution is 1.96. The summed E-state index contributed by atoms with van der Waals surface area (Å²) in [6.07, 6.45) is 9.28. The van der Waals surface area contributed by atoms with E-state index in [1.165, 1.54) is 6.26 Å². The van der Waals surface area contributed by atoms with Gasteiger partial charge in [0.2, 0.25) is 0 Å². The Labute approximate surface area is 80.3 Å². The minimum Gasteiger partial charge on any atom is -0.434 e. The molecule has 0 rings (SSSR count). The SMILES string of the molecule is CCC/C=C/C=C/OC(=O)C(C)C. The molecule has 2 nitrogen and oxygen atoms in total. The van der Waals surface area contributed by atoms with Gasteiger partial charge in [-0.1, -0.05) is 39.3 Å². The first kappa shape index (κ1) is 11.9. The first-order valence-corrected chi connectivity index (χ1v) is 4.70. The lowest BCUT2D eigenvalue weighted by Crippen LogP contribution is -2.07. The first-order chi connectivity index (χ1) is 6.18. The summed E-state index contributed by atoms with van der Waals surface area (Å²) < 4.78 is 4.81. The first-order valence-electron chi connectivity index (χ1n) is 4.70. The van der Waals surface area contributed by atoms with Crippen molar-refractivity contribution in [2.75, 3.05) is 0 Å². The summed E-state index contributed by atoms with van der Waals surface area (Å²) in [4.78, 5) is 10.9. The third kappa shape index (κ3) is 7.32. The highest BCUT2D eigenvalue weighted by atomic mass is 16.5. The van der Waals surface area contributed by atoms with Crippen molar-refractivity contribution in [2.45, 2.75) is 33.6 Å². The Kier molecular flexibility index (Phi) is 6.98. The molecule has 0 aliphatic carbocycles. The van der Waals surface area contributed by atoms with Crippen LogP contribution >= 0.6 is 0 Å². The predicted molar refractivity (Wildman–Crippen MR) is 54.1 cm³/mol. The van der Waals surface area contributed by atoms with Crippen LogP contribution in [0.1, 0.15) is 33.6 Å². The van der Waals surface area contributed by atoms with Gasteiger partial charge in [0.25, 0.3) is 0 Å². The smallest absolute Gasteiger partial charge is 0.313 e. The summed E-state index contributed by atoms with van der Waals surface area (Å²) in [5, 5.41) is 0. The van der Waals surface area contributed by atoms with Gasteiger partial charge in [-0.05, 0) is 12.5 Å². The second-order valence-electron chi connectivity index (χ2n) is 3.14. The van der Waals surface area contributed by atoms with E-state index in [4.69, 9.17) is 4.74 Å². The van der Waals surface area contributed by atoms with Crippen molar-refractivity contribution < 1.29 is 9.53 Å². The fraction of sp³-hybridized carbons (Fsp3) is 0.545. The zero-order valence-electron chi connectivity index (χ0n) is 8.62. The standard InChI is InChI=1S/C11H18O2/c1-4-5-6-7-8-9-13-11(12)10(2)3/h6-10H,4-5H2,1-3H3/b7-6+,9-8+. The molecule has 0 saturated heterocycles. The van der Waals surface area contributed by atoms with Gasteiger partial charge in [0.1, 0.15) is 0 Å². The summed E-state index contributed by atoms with van der Waals surface area (Å²) in [6, 6.07) is 0. The topological polar surface area (TPSA) is 26.3 Å². The molecule has 74 valence electrons. The van der Waals surface area contributed by atoms with Crippen LogP contribution < -0.4 is 0 Å². The van der Waals surface area contributed by atoms with Crippen molar-refractivity contribution in [2.24, 2.45) is 5.92 Å². The molecule has 0 radical (unpaired) electrons. The van der Waals surface area contributed by atoms with E-state index in [0.717, 1.165) is 12.8 Å². The highest BCUT2D eigenvalue weighted by molar-refractivity contribution is 5.72. The minimum absolute atomic E-state index is 0.0655. The van der Waals surface area contributed by atoms with E-state index in [-0.39, 0.29) is 11.9 Å². The zero-order chi connectivity index (χ0) is 10.1. The number of carbonyl (C=O) groups is 1. The van der Waals surface area contributed by atoms with Crippen LogP contribution in [0.25, 0.3) is 0 Å². The van der Waals surface area contributed by atoms with Crippen molar-refractivity contribution >= 4 is 5.97 Å². The maximum Gasteiger partial charge on any atom is 0.313 e. The number of rotatable bonds is 5. The number of hydrogen-bond acceptors (Lipinski definition) is 2. The molecule has 0 aliphatic heterocycles. The molecule has 0 aromatic carbocycles. The average Bonchev–Trinajstić information content (AvgIpc) is 2.10. The third-order valence-corrected chi connectivity index (χ3v) is 1.44. The van der Waals surface area contributed by atoms with Crippen molar-refractivity contribution in [3.63, 3.8) is 0 Å². The van der Waals surface area contributed by atoms with Crippen LogP contribution in [0.15, 0.2) is 24.5 Å². The van der Waals surface area contributed by atoms with Gasteiger partial charge in [0, 0.05) is 0 Å². The van der Waals surface area contributed by atoms with Crippen LogP contribution in [0.3, 0.4) is 0 Å². The summed E-state index contributed by atoms with van der Waals surface area (Å²) in [5.74, 6) is -0.260. The van der Waals surface area contributed by atoms with Crippen molar-refractivity contribution in [3.05, 3.63) is 24.5 Å². The third-order valence-electron chi connectivity index (χ3n) is 1.44. The molecule has 0 N–H and O–H groups in total. The second kappa shape index (κ2) is 7.59. The van der Waals surface area contributed by atoms with Crippen LogP contribution in [0.5, 0.6) is 0 Å². The largest absolute Gasteiger partial charge is 0.434 e. The molecule has 0 heterocycles. The number of carbonyl (C=O) groups excluding carboxylic acids is 1. The lowest BCUT2D eigenvalue weighted by Gasteiger charge is -1.99. The normalized spacial score (nSPS) is 11.7. The van der Waals surface area contributed by atoms with E-state index in [9.17, 15) is 4.79 Å². The van der Waals surface area contributed by atoms with E-state index in [2.05, 4.69) is 6.92 Å². The molecule has 0 fully saturated rings. The van der Waals surface area contributed by atoms with E-state index in [1.54, 1.807) is 6.08 Å². The van der Waals surface area contributed by atoms with Crippen molar-refractivity contribution in [1.29, 1.82) is 0 Å². The van der Waals surface area contributed by atoms with Gasteiger partial charge < -0.3 is 4.74 Å². The highest BCUT2D eigenvalue weighted by Gasteiger charge is 2.04. The van der Waals surface area contributed by atoms with Crippen LogP contribution in [0, 0.1) is 5.92 Å². The Morgan fingerprint density at radius 3 is 2.62 bits per heavy atom. The Balaban J connectivity index is 3.57. The fourth-order valence-corrected chi connectivity index (χ4v) is 0.629. The molecule has 0 spiro atoms. The monoisotopic (exact) mass is 182 g/mol. The van der Waals surface area contributed by atoms with Gasteiger partial charge in [-0.3, -0.25) is 4.79 Å². The van der Waals surface area contributed by atoms with Gasteiger partial charge in [0.15, 0.2) is 0 Å². The van der Waals surface area contributed by atoms with Crippen molar-refractivity contribution in [1.82, 2.24) is 0 Å². The molecule has 0 amide bonds. The van der Waals surface area contributed by atoms with Crippen molar-refractivity contribution in [3.8, 4) is 0 Å². The Morgan fingerprint density at radius 1 is 1.38 bits per heavy atom. The Bertz CT molecular complexity index is 190. The molecule has 13 heavy (non-hydrogen) atoms. The van der Waals surface area contributed by atoms with Gasteiger partial charge in [-0.15, -0.1) is 0 Å². The summed E-state index contributed by atoms with van der Waals surface area (Å²) in [5.41, 5.74) is 0. The maximum atomic E-state index is 10.9. The van der Waals surface area contributed by atoms with Gasteiger partial charge in [0.05, 0.1) is 12.2 Å². The Hall–Kier alpha value is -1.05. The van der Waals surface area contributed by atoms with Gasteiger partial charge in [-0.2, -0.15) is 0 Å². The molecule has 0 atom stereocenters. The fourth-order valence-electron chi connectivity index (χ4n) is 0.629. The van der Waals surface area contributed by atoms with Gasteiger partial charge in [-0.25, -0.2) is 0 Å². The molecule has 0 saturated carbocycles. The number of allylic oxidation sites excluding steroid dienone is 3. The van der Waals surface area contributed by atoms with E-state index in [1.807, 2.05) is 26.0 Å². The molecule has 0 aromatic rings. The average molecular weight is 182 g/mol. The molecular formula is C11H18O2. The number of ether oxygens (including phenoxy) is 1. The molecule has 0 aromatic heterocycles. The summed E-state index contributed by atoms with van der Waals surface area (Å²) in [7, 11) is 0. The maximum absolute atomic E-state index is 10.9. The Morgan fingerprint density at radius 2 is 2.08 bits per heavy atom. The van der Waals surface area contributed by atoms with E-state index in [0.29, 0.717) is 0 Å². The molecule has 0 aliphatic rings. The predicted octanol–water partition coefficient (Wildman–Crippen LogP) is 3.06. The van der Waals surface area contributed by atoms with Crippen LogP contribution in [0.2, 0.25) is 0 Å². The van der Waals surface area contributed by atoms with Crippen LogP contribution in [-0.2, 0) is 9.53 Å². The zero-order valence-corrected chi connectivity index (χ0v) is 8.62. The summed E-state index contributed by atoms with van der Waals surface area (Å²) >= 11 is 0. The minimum atomic E-state index is -0.194. The number of unbranched alkanes of at least 4 members (excludes halogenated alkanes) is 1. The van der Waals surface area contributed by atoms with Crippen LogP contribution in [-0.4, -0.2) is 5.97 Å². The molecule has 0 unspecified atom stereocenters. The number of hydrogen-bond donors (Lipinski definition) is 0. The van der Waals surface area contributed by atoms with E-state index < -0.39 is 0 Å². The van der Waals surface area contributed by atoms with Gasteiger partial charge >= 0.3 is 5.97 Å². The molecule has 0 bridgehead atoms. The summed E-state index contributed by atoms with van der Waals surface area (Å²) in [6.45, 7) is 5.74. The van der Waals surface area contributed by atoms with E-state index >= 15 is 0 Å².